The number of methoxy groups -OCH3 is 1. The van der Waals surface area contributed by atoms with Crippen LogP contribution in [0.4, 0.5) is 5.69 Å². The predicted octanol–water partition coefficient (Wildman–Crippen LogP) is 1.35. The number of anilines is 1. The zero-order chi connectivity index (χ0) is 23.1. The average Bonchev–Trinajstić information content (AvgIpc) is 3.35. The van der Waals surface area contributed by atoms with Crippen molar-refractivity contribution in [3.05, 3.63) is 47.0 Å². The Bertz CT molecular complexity index is 1130. The number of hydrogen-bond donors (Lipinski definition) is 2. The van der Waals surface area contributed by atoms with Crippen LogP contribution in [-0.4, -0.2) is 72.9 Å². The molecule has 0 saturated carbocycles. The number of nitrogens with one attached hydrogen (secondary N) is 1. The Morgan fingerprint density at radius 3 is 2.76 bits per heavy atom. The minimum Gasteiger partial charge on any atom is -0.496 e. The van der Waals surface area contributed by atoms with Gasteiger partial charge < -0.3 is 25.2 Å². The molecule has 0 aromatic heterocycles. The topological polar surface area (TPSA) is 95.6 Å². The third kappa shape index (κ3) is 3.94. The highest BCUT2D eigenvalue weighted by Gasteiger charge is 2.42. The lowest BCUT2D eigenvalue weighted by Gasteiger charge is -2.39. The molecule has 3 aliphatic heterocycles. The third-order valence-electron chi connectivity index (χ3n) is 6.72. The molecule has 3 N–H and O–H groups in total. The number of nitrogens with two attached hydrogens (primary N) is 1. The van der Waals surface area contributed by atoms with Gasteiger partial charge in [0.05, 0.1) is 31.5 Å². The van der Waals surface area contributed by atoms with E-state index < -0.39 is 6.04 Å². The lowest BCUT2D eigenvalue weighted by Crippen LogP contribution is -2.89. The van der Waals surface area contributed by atoms with Crippen LogP contribution in [0.2, 0.25) is 5.02 Å². The van der Waals surface area contributed by atoms with Gasteiger partial charge in [-0.15, -0.1) is 0 Å². The van der Waals surface area contributed by atoms with Crippen molar-refractivity contribution in [2.75, 3.05) is 38.6 Å². The maximum absolute atomic E-state index is 13.5. The Balaban J connectivity index is 1.44. The molecule has 2 aromatic carbocycles. The maximum Gasteiger partial charge on any atom is 0.280 e. The summed E-state index contributed by atoms with van der Waals surface area (Å²) < 4.78 is 5.47. The fourth-order valence-corrected chi connectivity index (χ4v) is 5.13. The van der Waals surface area contributed by atoms with E-state index in [1.165, 1.54) is 0 Å². The van der Waals surface area contributed by atoms with Gasteiger partial charge in [0.1, 0.15) is 11.8 Å². The molecule has 2 aromatic rings. The minimum absolute atomic E-state index is 0.0597. The molecule has 0 unspecified atom stereocenters. The van der Waals surface area contributed by atoms with E-state index in [-0.39, 0.29) is 30.3 Å². The summed E-state index contributed by atoms with van der Waals surface area (Å²) in [5.74, 6) is 0.196. The van der Waals surface area contributed by atoms with Crippen LogP contribution in [0.15, 0.2) is 36.4 Å². The van der Waals surface area contributed by atoms with E-state index in [0.717, 1.165) is 30.5 Å². The van der Waals surface area contributed by atoms with Crippen molar-refractivity contribution in [2.45, 2.75) is 24.9 Å². The lowest BCUT2D eigenvalue weighted by atomic mass is 10.00. The van der Waals surface area contributed by atoms with E-state index in [1.54, 1.807) is 47.2 Å². The van der Waals surface area contributed by atoms with Gasteiger partial charge in [-0.3, -0.25) is 14.4 Å². The van der Waals surface area contributed by atoms with Crippen molar-refractivity contribution >= 4 is 35.0 Å². The summed E-state index contributed by atoms with van der Waals surface area (Å²) in [6, 6.07) is 9.84. The first-order valence-electron chi connectivity index (χ1n) is 11.2. The number of carbonyl (C=O) groups excluding carboxylic acids is 3. The average molecular weight is 470 g/mol. The Labute approximate surface area is 196 Å². The second kappa shape index (κ2) is 8.68. The van der Waals surface area contributed by atoms with Gasteiger partial charge >= 0.3 is 0 Å². The van der Waals surface area contributed by atoms with E-state index in [2.05, 4.69) is 10.6 Å². The fourth-order valence-electron chi connectivity index (χ4n) is 4.96. The van der Waals surface area contributed by atoms with E-state index in [0.29, 0.717) is 35.1 Å². The molecule has 2 fully saturated rings. The molecule has 33 heavy (non-hydrogen) atoms. The number of halogens is 1. The molecular weight excluding hydrogens is 444 g/mol. The monoisotopic (exact) mass is 469 g/mol. The zero-order valence-electron chi connectivity index (χ0n) is 18.3. The predicted molar refractivity (Wildman–Crippen MR) is 123 cm³/mol. The standard InChI is InChI=1S/C24H25ClN4O4/c1-33-21-7-5-15(25)12-16(21)14-4-6-18-17(11-14)23(31)29-10-9-28(13-20(29)22(30)27-18)24(32)19-3-2-8-26-19/h4-7,11-12,19-20,26H,2-3,8-10,13H2,1H3,(H,27,30)/p+1/t19-,20+/m1/s1. The molecule has 5 rings (SSSR count). The molecule has 0 bridgehead atoms. The first kappa shape index (κ1) is 21.7. The van der Waals surface area contributed by atoms with Gasteiger partial charge in [0.15, 0.2) is 6.04 Å². The molecule has 2 saturated heterocycles. The van der Waals surface area contributed by atoms with Crippen LogP contribution >= 0.6 is 11.6 Å². The van der Waals surface area contributed by atoms with E-state index in [4.69, 9.17) is 16.3 Å². The van der Waals surface area contributed by atoms with Crippen LogP contribution < -0.4 is 15.4 Å². The van der Waals surface area contributed by atoms with E-state index in [9.17, 15) is 14.4 Å². The van der Waals surface area contributed by atoms with Crippen LogP contribution in [-0.2, 0) is 9.59 Å². The molecule has 0 spiro atoms. The maximum atomic E-state index is 13.5. The highest BCUT2D eigenvalue weighted by Crippen LogP contribution is 2.36. The van der Waals surface area contributed by atoms with Gasteiger partial charge in [0, 0.05) is 36.5 Å². The number of rotatable bonds is 3. The SMILES string of the molecule is COc1ccc(Cl)cc1-c1ccc2c(c1)C(=O)N1CCN(C(=O)[C@H]3CCC[NH2+]3)C[C@H]1C(=O)N2. The van der Waals surface area contributed by atoms with Crippen molar-refractivity contribution in [3.63, 3.8) is 0 Å². The summed E-state index contributed by atoms with van der Waals surface area (Å²) >= 11 is 6.20. The van der Waals surface area contributed by atoms with Gasteiger partial charge in [-0.25, -0.2) is 0 Å². The van der Waals surface area contributed by atoms with Gasteiger partial charge in [0.25, 0.3) is 11.8 Å². The van der Waals surface area contributed by atoms with Crippen molar-refractivity contribution < 1.29 is 24.4 Å². The van der Waals surface area contributed by atoms with Gasteiger partial charge in [-0.1, -0.05) is 17.7 Å². The molecular formula is C24H26ClN4O4+. The van der Waals surface area contributed by atoms with E-state index in [1.807, 2.05) is 6.07 Å². The minimum atomic E-state index is -0.715. The summed E-state index contributed by atoms with van der Waals surface area (Å²) in [6.07, 6.45) is 1.88. The molecule has 9 heteroatoms. The lowest BCUT2D eigenvalue weighted by molar-refractivity contribution is -0.658. The number of amides is 3. The summed E-state index contributed by atoms with van der Waals surface area (Å²) in [6.45, 7) is 1.91. The smallest absolute Gasteiger partial charge is 0.280 e. The highest BCUT2D eigenvalue weighted by molar-refractivity contribution is 6.31. The quantitative estimate of drug-likeness (QED) is 0.709. The van der Waals surface area contributed by atoms with Gasteiger partial charge in [-0.2, -0.15) is 0 Å². The van der Waals surface area contributed by atoms with E-state index >= 15 is 0 Å². The zero-order valence-corrected chi connectivity index (χ0v) is 19.1. The van der Waals surface area contributed by atoms with Crippen LogP contribution in [0.1, 0.15) is 23.2 Å². The molecule has 3 heterocycles. The van der Waals surface area contributed by atoms with Crippen molar-refractivity contribution in [1.82, 2.24) is 9.80 Å². The van der Waals surface area contributed by atoms with Gasteiger partial charge in [-0.05, 0) is 35.9 Å². The number of carbonyl (C=O) groups is 3. The Hall–Kier alpha value is -3.10. The molecule has 0 aliphatic carbocycles. The fraction of sp³-hybridized carbons (Fsp3) is 0.375. The molecule has 3 amide bonds. The second-order valence-electron chi connectivity index (χ2n) is 8.67. The van der Waals surface area contributed by atoms with Crippen molar-refractivity contribution in [2.24, 2.45) is 0 Å². The number of ether oxygens (including phenoxy) is 1. The first-order valence-corrected chi connectivity index (χ1v) is 11.6. The van der Waals surface area contributed by atoms with Gasteiger partial charge in [0.2, 0.25) is 5.91 Å². The molecule has 3 aliphatic rings. The Morgan fingerprint density at radius 1 is 1.15 bits per heavy atom. The summed E-state index contributed by atoms with van der Waals surface area (Å²) in [4.78, 5) is 42.8. The first-order chi connectivity index (χ1) is 16.0. The number of benzene rings is 2. The third-order valence-corrected chi connectivity index (χ3v) is 6.96. The number of hydrogen-bond acceptors (Lipinski definition) is 4. The second-order valence-corrected chi connectivity index (χ2v) is 9.10. The van der Waals surface area contributed by atoms with Crippen LogP contribution in [0.25, 0.3) is 11.1 Å². The summed E-state index contributed by atoms with van der Waals surface area (Å²) in [5.41, 5.74) is 2.40. The number of fused-ring (bicyclic) bond motifs is 2. The summed E-state index contributed by atoms with van der Waals surface area (Å²) in [7, 11) is 1.58. The Kier molecular flexibility index (Phi) is 5.72. The molecule has 172 valence electrons. The normalized spacial score (nSPS) is 22.4. The van der Waals surface area contributed by atoms with Crippen molar-refractivity contribution in [1.29, 1.82) is 0 Å². The molecule has 2 atom stereocenters. The number of quaternary nitrogens is 1. The molecule has 0 radical (unpaired) electrons. The molecule has 8 nitrogen and oxygen atoms in total. The summed E-state index contributed by atoms with van der Waals surface area (Å²) in [5, 5.41) is 5.52. The van der Waals surface area contributed by atoms with Crippen LogP contribution in [0.3, 0.4) is 0 Å². The van der Waals surface area contributed by atoms with Crippen molar-refractivity contribution in [3.8, 4) is 16.9 Å². The van der Waals surface area contributed by atoms with Crippen LogP contribution in [0, 0.1) is 0 Å². The Morgan fingerprint density at radius 2 is 2.00 bits per heavy atom. The van der Waals surface area contributed by atoms with Crippen LogP contribution in [0.5, 0.6) is 5.75 Å². The largest absolute Gasteiger partial charge is 0.496 e. The highest BCUT2D eigenvalue weighted by atomic mass is 35.5. The number of piperazine rings is 1. The number of nitrogens with zero attached hydrogens (tertiary/aromatic N) is 2.